The third-order valence-electron chi connectivity index (χ3n) is 3.50. The van der Waals surface area contributed by atoms with Crippen molar-refractivity contribution in [3.05, 3.63) is 67.0 Å². The molecule has 0 amide bonds. The van der Waals surface area contributed by atoms with E-state index in [0.29, 0.717) is 17.1 Å². The van der Waals surface area contributed by atoms with E-state index in [1.165, 1.54) is 0 Å². The number of aromatic amines is 1. The van der Waals surface area contributed by atoms with Crippen LogP contribution in [-0.2, 0) is 0 Å². The number of pyridine rings is 1. The minimum atomic E-state index is 0.646. The molecule has 4 rings (SSSR count). The van der Waals surface area contributed by atoms with Crippen LogP contribution in [-0.4, -0.2) is 15.0 Å². The van der Waals surface area contributed by atoms with Gasteiger partial charge in [0.25, 0.3) is 0 Å². The molecule has 0 unspecified atom stereocenters. The molecular weight excluding hydrogens is 300 g/mol. The minimum Gasteiger partial charge on any atom is -0.398 e. The lowest BCUT2D eigenvalue weighted by Gasteiger charge is -1.99. The summed E-state index contributed by atoms with van der Waals surface area (Å²) < 4.78 is 0. The Morgan fingerprint density at radius 2 is 1.42 bits per heavy atom. The van der Waals surface area contributed by atoms with Crippen LogP contribution in [0.15, 0.2) is 67.0 Å². The van der Waals surface area contributed by atoms with Gasteiger partial charge >= 0.3 is 0 Å². The van der Waals surface area contributed by atoms with Gasteiger partial charge in [0, 0.05) is 18.1 Å². The molecule has 0 saturated heterocycles. The lowest BCUT2D eigenvalue weighted by molar-refractivity contribution is 1.28. The van der Waals surface area contributed by atoms with Crippen LogP contribution in [0, 0.1) is 0 Å². The summed E-state index contributed by atoms with van der Waals surface area (Å²) in [7, 11) is 0. The van der Waals surface area contributed by atoms with E-state index < -0.39 is 0 Å². The molecule has 0 spiro atoms. The second-order valence-electron chi connectivity index (χ2n) is 5.19. The van der Waals surface area contributed by atoms with Crippen molar-refractivity contribution in [3.63, 3.8) is 0 Å². The van der Waals surface area contributed by atoms with Crippen molar-refractivity contribution < 1.29 is 0 Å². The number of aromatic nitrogens is 3. The number of rotatable bonds is 1. The van der Waals surface area contributed by atoms with Crippen molar-refractivity contribution in [3.8, 4) is 11.4 Å². The lowest BCUT2D eigenvalue weighted by Crippen LogP contribution is -1.91. The largest absolute Gasteiger partial charge is 0.398 e. The van der Waals surface area contributed by atoms with Crippen LogP contribution in [0.25, 0.3) is 22.4 Å². The van der Waals surface area contributed by atoms with Crippen molar-refractivity contribution >= 4 is 28.1 Å². The molecule has 0 atom stereocenters. The number of nitrogens with two attached hydrogens (primary N) is 3. The van der Waals surface area contributed by atoms with Gasteiger partial charge in [-0.05, 0) is 30.3 Å². The van der Waals surface area contributed by atoms with Crippen LogP contribution < -0.4 is 17.2 Å². The van der Waals surface area contributed by atoms with E-state index in [1.54, 1.807) is 30.6 Å². The number of para-hydroxylation sites is 4. The maximum Gasteiger partial charge on any atom is 0.142 e. The third-order valence-corrected chi connectivity index (χ3v) is 3.50. The zero-order valence-corrected chi connectivity index (χ0v) is 13.0. The number of nitrogens with zero attached hydrogens (tertiary/aromatic N) is 2. The minimum absolute atomic E-state index is 0.646. The quantitative estimate of drug-likeness (QED) is 0.402. The smallest absolute Gasteiger partial charge is 0.142 e. The number of H-pyrrole nitrogens is 1. The average molecular weight is 318 g/mol. The molecule has 0 radical (unpaired) electrons. The normalized spacial score (nSPS) is 10.2. The maximum absolute atomic E-state index is 5.87. The van der Waals surface area contributed by atoms with Crippen LogP contribution >= 0.6 is 0 Å². The van der Waals surface area contributed by atoms with Crippen molar-refractivity contribution in [1.29, 1.82) is 0 Å². The number of nitrogens with one attached hydrogen (secondary N) is 1. The van der Waals surface area contributed by atoms with E-state index in [4.69, 9.17) is 17.2 Å². The second-order valence-corrected chi connectivity index (χ2v) is 5.19. The van der Waals surface area contributed by atoms with Gasteiger partial charge in [-0.2, -0.15) is 0 Å². The molecule has 0 aliphatic carbocycles. The summed E-state index contributed by atoms with van der Waals surface area (Å²) in [5.41, 5.74) is 21.4. The highest BCUT2D eigenvalue weighted by molar-refractivity contribution is 5.81. The second kappa shape index (κ2) is 6.70. The summed E-state index contributed by atoms with van der Waals surface area (Å²) >= 11 is 0. The topological polar surface area (TPSA) is 120 Å². The highest BCUT2D eigenvalue weighted by Gasteiger charge is 2.07. The summed E-state index contributed by atoms with van der Waals surface area (Å²) in [6.07, 6.45) is 3.38. The predicted octanol–water partition coefficient (Wildman–Crippen LogP) is 3.06. The molecule has 120 valence electrons. The Morgan fingerprint density at radius 1 is 0.750 bits per heavy atom. The summed E-state index contributed by atoms with van der Waals surface area (Å²) in [5.74, 6) is 0.756. The van der Waals surface area contributed by atoms with E-state index in [9.17, 15) is 0 Å². The molecule has 7 N–H and O–H groups in total. The zero-order valence-electron chi connectivity index (χ0n) is 13.0. The molecule has 2 aromatic carbocycles. The molecule has 24 heavy (non-hydrogen) atoms. The summed E-state index contributed by atoms with van der Waals surface area (Å²) in [4.78, 5) is 11.7. The van der Waals surface area contributed by atoms with E-state index >= 15 is 0 Å². The number of nitrogen functional groups attached to an aromatic ring is 3. The van der Waals surface area contributed by atoms with E-state index in [0.717, 1.165) is 22.4 Å². The maximum atomic E-state index is 5.87. The molecule has 6 nitrogen and oxygen atoms in total. The van der Waals surface area contributed by atoms with Gasteiger partial charge in [-0.15, -0.1) is 0 Å². The van der Waals surface area contributed by atoms with Crippen molar-refractivity contribution in [2.75, 3.05) is 17.2 Å². The number of benzene rings is 2. The average Bonchev–Trinajstić information content (AvgIpc) is 3.02. The van der Waals surface area contributed by atoms with Gasteiger partial charge < -0.3 is 22.2 Å². The zero-order chi connectivity index (χ0) is 16.9. The van der Waals surface area contributed by atoms with Gasteiger partial charge in [-0.3, -0.25) is 4.98 Å². The number of imidazole rings is 1. The molecule has 2 heterocycles. The molecule has 0 bridgehead atoms. The van der Waals surface area contributed by atoms with Crippen LogP contribution in [0.2, 0.25) is 0 Å². The highest BCUT2D eigenvalue weighted by atomic mass is 14.9. The summed E-state index contributed by atoms with van der Waals surface area (Å²) in [5, 5.41) is 0. The molecular formula is C18H18N6. The molecule has 6 heteroatoms. The van der Waals surface area contributed by atoms with Crippen LogP contribution in [0.3, 0.4) is 0 Å². The fourth-order valence-corrected chi connectivity index (χ4v) is 2.19. The lowest BCUT2D eigenvalue weighted by atomic mass is 10.2. The van der Waals surface area contributed by atoms with E-state index in [2.05, 4.69) is 15.0 Å². The van der Waals surface area contributed by atoms with Crippen molar-refractivity contribution in [2.24, 2.45) is 0 Å². The predicted molar refractivity (Wildman–Crippen MR) is 99.0 cm³/mol. The standard InChI is InChI=1S/C12H10N4.C6H8N2/c13-9-5-6-14-7-8(9)12-15-10-3-1-2-4-11(10)16-12;7-5-3-1-2-4-6(5)8/h1-7H,(H2,13,14)(H,15,16);1-4H,7-8H2. The Labute approximate surface area is 139 Å². The SMILES string of the molecule is Nc1ccccc1N.Nc1ccncc1-c1nc2ccccc2[nH]1. The Kier molecular flexibility index (Phi) is 4.29. The molecule has 0 saturated carbocycles. The Hall–Kier alpha value is -3.54. The molecule has 0 fully saturated rings. The fraction of sp³-hybridized carbons (Fsp3) is 0. The van der Waals surface area contributed by atoms with Crippen LogP contribution in [0.5, 0.6) is 0 Å². The van der Waals surface area contributed by atoms with Crippen molar-refractivity contribution in [2.45, 2.75) is 0 Å². The molecule has 4 aromatic rings. The van der Waals surface area contributed by atoms with Crippen LogP contribution in [0.4, 0.5) is 17.1 Å². The number of anilines is 3. The number of hydrogen-bond acceptors (Lipinski definition) is 5. The summed E-state index contributed by atoms with van der Waals surface area (Å²) in [6.45, 7) is 0. The van der Waals surface area contributed by atoms with E-state index in [1.807, 2.05) is 36.4 Å². The first-order valence-electron chi connectivity index (χ1n) is 7.40. The van der Waals surface area contributed by atoms with Gasteiger partial charge in [-0.1, -0.05) is 24.3 Å². The van der Waals surface area contributed by atoms with Gasteiger partial charge in [0.1, 0.15) is 5.82 Å². The Bertz CT molecular complexity index is 906. The fourth-order valence-electron chi connectivity index (χ4n) is 2.19. The van der Waals surface area contributed by atoms with Gasteiger partial charge in [-0.25, -0.2) is 4.98 Å². The monoisotopic (exact) mass is 318 g/mol. The van der Waals surface area contributed by atoms with Gasteiger partial charge in [0.2, 0.25) is 0 Å². The van der Waals surface area contributed by atoms with E-state index in [-0.39, 0.29) is 0 Å². The first-order chi connectivity index (χ1) is 11.6. The number of hydrogen-bond donors (Lipinski definition) is 4. The molecule has 0 aliphatic rings. The Morgan fingerprint density at radius 3 is 2.04 bits per heavy atom. The first-order valence-corrected chi connectivity index (χ1v) is 7.40. The van der Waals surface area contributed by atoms with Crippen molar-refractivity contribution in [1.82, 2.24) is 15.0 Å². The molecule has 2 aromatic heterocycles. The first kappa shape index (κ1) is 15.4. The highest BCUT2D eigenvalue weighted by Crippen LogP contribution is 2.24. The number of fused-ring (bicyclic) bond motifs is 1. The van der Waals surface area contributed by atoms with Gasteiger partial charge in [0.15, 0.2) is 0 Å². The third kappa shape index (κ3) is 3.27. The van der Waals surface area contributed by atoms with Gasteiger partial charge in [0.05, 0.1) is 28.0 Å². The van der Waals surface area contributed by atoms with Crippen LogP contribution in [0.1, 0.15) is 0 Å². The summed E-state index contributed by atoms with van der Waals surface area (Å²) in [6, 6.07) is 16.9. The Balaban J connectivity index is 0.000000179. The molecule has 0 aliphatic heterocycles.